The van der Waals surface area contributed by atoms with Gasteiger partial charge in [-0.25, -0.2) is 4.39 Å². The van der Waals surface area contributed by atoms with Crippen LogP contribution in [0.2, 0.25) is 0 Å². The number of hydrogen-bond acceptors (Lipinski definition) is 2. The van der Waals surface area contributed by atoms with E-state index in [1.54, 1.807) is 6.92 Å². The molecule has 3 heteroatoms. The molecule has 1 heterocycles. The molecule has 12 heavy (non-hydrogen) atoms. The van der Waals surface area contributed by atoms with E-state index in [0.29, 0.717) is 6.54 Å². The van der Waals surface area contributed by atoms with Crippen molar-refractivity contribution in [2.75, 3.05) is 6.54 Å². The summed E-state index contributed by atoms with van der Waals surface area (Å²) in [7, 11) is 0. The Hall–Kier alpha value is -0.960. The van der Waals surface area contributed by atoms with Crippen LogP contribution >= 0.6 is 0 Å². The van der Waals surface area contributed by atoms with Crippen molar-refractivity contribution < 1.29 is 4.39 Å². The standard InChI is InChI=1S/C9H13FN2/c1-7-5-8(10)6-9(12-7)3-2-4-11/h5-6H,2-4,11H2,1H3. The van der Waals surface area contributed by atoms with Crippen molar-refractivity contribution in [3.05, 3.63) is 29.3 Å². The quantitative estimate of drug-likeness (QED) is 0.741. The van der Waals surface area contributed by atoms with Crippen LogP contribution in [0.1, 0.15) is 17.8 Å². The lowest BCUT2D eigenvalue weighted by Gasteiger charge is -2.00. The minimum Gasteiger partial charge on any atom is -0.330 e. The van der Waals surface area contributed by atoms with E-state index in [4.69, 9.17) is 5.73 Å². The van der Waals surface area contributed by atoms with Crippen LogP contribution in [0.25, 0.3) is 0 Å². The van der Waals surface area contributed by atoms with E-state index in [1.807, 2.05) is 0 Å². The van der Waals surface area contributed by atoms with E-state index in [9.17, 15) is 4.39 Å². The highest BCUT2D eigenvalue weighted by atomic mass is 19.1. The van der Waals surface area contributed by atoms with Gasteiger partial charge in [0.1, 0.15) is 5.82 Å². The smallest absolute Gasteiger partial charge is 0.126 e. The first-order chi connectivity index (χ1) is 5.72. The highest BCUT2D eigenvalue weighted by Gasteiger charge is 1.98. The molecular weight excluding hydrogens is 155 g/mol. The molecule has 0 aliphatic carbocycles. The molecule has 66 valence electrons. The first-order valence-electron chi connectivity index (χ1n) is 4.05. The molecule has 0 saturated heterocycles. The highest BCUT2D eigenvalue weighted by Crippen LogP contribution is 2.05. The van der Waals surface area contributed by atoms with Gasteiger partial charge in [-0.3, -0.25) is 4.98 Å². The van der Waals surface area contributed by atoms with Gasteiger partial charge >= 0.3 is 0 Å². The minimum absolute atomic E-state index is 0.213. The molecule has 0 bridgehead atoms. The Bertz CT molecular complexity index is 240. The molecule has 0 aromatic carbocycles. The Balaban J connectivity index is 2.72. The third-order valence-corrected chi connectivity index (χ3v) is 1.61. The van der Waals surface area contributed by atoms with E-state index >= 15 is 0 Å². The van der Waals surface area contributed by atoms with Gasteiger partial charge in [0.15, 0.2) is 0 Å². The van der Waals surface area contributed by atoms with Gasteiger partial charge in [-0.1, -0.05) is 0 Å². The van der Waals surface area contributed by atoms with Crippen LogP contribution in [0.4, 0.5) is 4.39 Å². The Labute approximate surface area is 71.6 Å². The molecule has 0 aliphatic rings. The summed E-state index contributed by atoms with van der Waals surface area (Å²) >= 11 is 0. The van der Waals surface area contributed by atoms with Crippen LogP contribution in [0.5, 0.6) is 0 Å². The molecule has 0 spiro atoms. The largest absolute Gasteiger partial charge is 0.330 e. The maximum absolute atomic E-state index is 12.8. The molecule has 0 amide bonds. The molecule has 1 aromatic heterocycles. The van der Waals surface area contributed by atoms with Crippen LogP contribution in [0.15, 0.2) is 12.1 Å². The third-order valence-electron chi connectivity index (χ3n) is 1.61. The number of nitrogens with zero attached hydrogens (tertiary/aromatic N) is 1. The molecule has 0 unspecified atom stereocenters. The van der Waals surface area contributed by atoms with Crippen molar-refractivity contribution in [2.24, 2.45) is 5.73 Å². The molecular formula is C9H13FN2. The average Bonchev–Trinajstić information content (AvgIpc) is 1.99. The topological polar surface area (TPSA) is 38.9 Å². The van der Waals surface area contributed by atoms with Gasteiger partial charge < -0.3 is 5.73 Å². The normalized spacial score (nSPS) is 10.2. The Kier molecular flexibility index (Phi) is 3.17. The fourth-order valence-electron chi connectivity index (χ4n) is 1.10. The van der Waals surface area contributed by atoms with Gasteiger partial charge in [0, 0.05) is 11.4 Å². The summed E-state index contributed by atoms with van der Waals surface area (Å²) in [5, 5.41) is 0. The monoisotopic (exact) mass is 168 g/mol. The van der Waals surface area contributed by atoms with Gasteiger partial charge in [0.05, 0.1) is 0 Å². The summed E-state index contributed by atoms with van der Waals surface area (Å²) < 4.78 is 12.8. The third kappa shape index (κ3) is 2.58. The minimum atomic E-state index is -0.213. The predicted molar refractivity (Wildman–Crippen MR) is 46.3 cm³/mol. The summed E-state index contributed by atoms with van der Waals surface area (Å²) in [5.41, 5.74) is 6.84. The molecule has 0 radical (unpaired) electrons. The van der Waals surface area contributed by atoms with E-state index in [2.05, 4.69) is 4.98 Å². The molecule has 0 aliphatic heterocycles. The van der Waals surface area contributed by atoms with Crippen molar-refractivity contribution in [3.63, 3.8) is 0 Å². The van der Waals surface area contributed by atoms with E-state index < -0.39 is 0 Å². The molecule has 1 rings (SSSR count). The van der Waals surface area contributed by atoms with Gasteiger partial charge in [-0.05, 0) is 38.4 Å². The first-order valence-corrected chi connectivity index (χ1v) is 4.05. The summed E-state index contributed by atoms with van der Waals surface area (Å²) in [5.74, 6) is -0.213. The lowest BCUT2D eigenvalue weighted by Crippen LogP contribution is -2.02. The predicted octanol–water partition coefficient (Wildman–Crippen LogP) is 1.42. The molecule has 1 aromatic rings. The lowest BCUT2D eigenvalue weighted by molar-refractivity contribution is 0.618. The number of nitrogens with two attached hydrogens (primary N) is 1. The van der Waals surface area contributed by atoms with E-state index in [0.717, 1.165) is 24.2 Å². The van der Waals surface area contributed by atoms with Crippen molar-refractivity contribution >= 4 is 0 Å². The number of aryl methyl sites for hydroxylation is 2. The SMILES string of the molecule is Cc1cc(F)cc(CCCN)n1. The zero-order valence-corrected chi connectivity index (χ0v) is 7.18. The zero-order chi connectivity index (χ0) is 8.97. The lowest BCUT2D eigenvalue weighted by atomic mass is 10.2. The summed E-state index contributed by atoms with van der Waals surface area (Å²) in [6, 6.07) is 2.88. The fraction of sp³-hybridized carbons (Fsp3) is 0.444. The number of rotatable bonds is 3. The fourth-order valence-corrected chi connectivity index (χ4v) is 1.10. The van der Waals surface area contributed by atoms with Crippen LogP contribution in [-0.4, -0.2) is 11.5 Å². The van der Waals surface area contributed by atoms with Gasteiger partial charge in [-0.15, -0.1) is 0 Å². The highest BCUT2D eigenvalue weighted by molar-refractivity contribution is 5.12. The van der Waals surface area contributed by atoms with Crippen LogP contribution < -0.4 is 5.73 Å². The van der Waals surface area contributed by atoms with Gasteiger partial charge in [0.2, 0.25) is 0 Å². The maximum atomic E-state index is 12.8. The average molecular weight is 168 g/mol. The molecule has 2 nitrogen and oxygen atoms in total. The number of hydrogen-bond donors (Lipinski definition) is 1. The molecule has 0 atom stereocenters. The van der Waals surface area contributed by atoms with Gasteiger partial charge in [0.25, 0.3) is 0 Å². The van der Waals surface area contributed by atoms with Crippen molar-refractivity contribution in [1.82, 2.24) is 4.98 Å². The van der Waals surface area contributed by atoms with Gasteiger partial charge in [-0.2, -0.15) is 0 Å². The van der Waals surface area contributed by atoms with Crippen LogP contribution in [-0.2, 0) is 6.42 Å². The Morgan fingerprint density at radius 1 is 1.50 bits per heavy atom. The van der Waals surface area contributed by atoms with Crippen molar-refractivity contribution in [3.8, 4) is 0 Å². The van der Waals surface area contributed by atoms with Crippen LogP contribution in [0, 0.1) is 12.7 Å². The maximum Gasteiger partial charge on any atom is 0.126 e. The molecule has 0 fully saturated rings. The number of aromatic nitrogens is 1. The number of halogens is 1. The number of pyridine rings is 1. The van der Waals surface area contributed by atoms with Crippen molar-refractivity contribution in [2.45, 2.75) is 19.8 Å². The van der Waals surface area contributed by atoms with E-state index in [1.165, 1.54) is 12.1 Å². The van der Waals surface area contributed by atoms with E-state index in [-0.39, 0.29) is 5.82 Å². The summed E-state index contributed by atoms with van der Waals surface area (Å²) in [6.07, 6.45) is 1.62. The zero-order valence-electron chi connectivity index (χ0n) is 7.18. The Morgan fingerprint density at radius 2 is 2.25 bits per heavy atom. The first kappa shape index (κ1) is 9.13. The van der Waals surface area contributed by atoms with Crippen molar-refractivity contribution in [1.29, 1.82) is 0 Å². The molecule has 2 N–H and O–H groups in total. The summed E-state index contributed by atoms with van der Waals surface area (Å²) in [6.45, 7) is 2.41. The van der Waals surface area contributed by atoms with Crippen LogP contribution in [0.3, 0.4) is 0 Å². The Morgan fingerprint density at radius 3 is 2.83 bits per heavy atom. The second-order valence-electron chi connectivity index (χ2n) is 2.81. The second-order valence-corrected chi connectivity index (χ2v) is 2.81. The second kappa shape index (κ2) is 4.16. The molecule has 0 saturated carbocycles. The summed E-state index contributed by atoms with van der Waals surface area (Å²) in [4.78, 5) is 4.18.